The van der Waals surface area contributed by atoms with Gasteiger partial charge in [-0.3, -0.25) is 13.9 Å². The van der Waals surface area contributed by atoms with Crippen molar-refractivity contribution < 1.29 is 40.6 Å². The Morgan fingerprint density at radius 2 is 1.76 bits per heavy atom. The van der Waals surface area contributed by atoms with Crippen LogP contribution < -0.4 is 15.7 Å². The highest BCUT2D eigenvalue weighted by atomic mass is 32.2. The van der Waals surface area contributed by atoms with Gasteiger partial charge in [0.15, 0.2) is 0 Å². The topological polar surface area (TPSA) is 120 Å². The fourth-order valence-electron chi connectivity index (χ4n) is 4.70. The summed E-state index contributed by atoms with van der Waals surface area (Å²) in [6.45, 7) is 5.06. The fraction of sp³-hybridized carbons (Fsp3) is 0.481. The number of hydrogen-bond acceptors (Lipinski definition) is 6. The van der Waals surface area contributed by atoms with Gasteiger partial charge in [0.25, 0.3) is 12.3 Å². The first kappa shape index (κ1) is 30.6. The number of benzene rings is 2. The normalized spacial score (nSPS) is 17.5. The van der Waals surface area contributed by atoms with Crippen molar-refractivity contribution in [3.05, 3.63) is 58.0 Å². The zero-order valence-electron chi connectivity index (χ0n) is 22.9. The number of nitrogens with zero attached hydrogens (tertiary/aromatic N) is 2. The molecule has 2 aromatic carbocycles. The van der Waals surface area contributed by atoms with Crippen LogP contribution in [0.3, 0.4) is 0 Å². The molecule has 14 heteroatoms. The number of ether oxygens (including phenoxy) is 1. The minimum absolute atomic E-state index is 0.00847. The fourth-order valence-corrected chi connectivity index (χ4v) is 6.43. The minimum atomic E-state index is -3.23. The van der Waals surface area contributed by atoms with Crippen molar-refractivity contribution in [1.29, 1.82) is 0 Å². The van der Waals surface area contributed by atoms with Gasteiger partial charge >= 0.3 is 5.69 Å². The molecule has 1 atom stereocenters. The molecular formula is C27H31F4N3O6S. The first-order valence-electron chi connectivity index (χ1n) is 12.9. The Morgan fingerprint density at radius 3 is 2.34 bits per heavy atom. The molecule has 0 radical (unpaired) electrons. The molecule has 1 aromatic heterocycles. The van der Waals surface area contributed by atoms with Crippen molar-refractivity contribution in [1.82, 2.24) is 14.5 Å². The van der Waals surface area contributed by atoms with Gasteiger partial charge in [-0.25, -0.2) is 30.8 Å². The monoisotopic (exact) mass is 601 g/mol. The molecule has 0 spiro atoms. The van der Waals surface area contributed by atoms with Gasteiger partial charge in [0.2, 0.25) is 0 Å². The highest BCUT2D eigenvalue weighted by Gasteiger charge is 2.36. The van der Waals surface area contributed by atoms with Crippen LogP contribution in [0.15, 0.2) is 35.1 Å². The lowest BCUT2D eigenvalue weighted by molar-refractivity contribution is 0.0307. The molecule has 1 amide bonds. The van der Waals surface area contributed by atoms with E-state index in [1.165, 1.54) is 20.8 Å². The summed E-state index contributed by atoms with van der Waals surface area (Å²) < 4.78 is 86.5. The molecule has 224 valence electrons. The van der Waals surface area contributed by atoms with Crippen LogP contribution in [-0.2, 0) is 9.84 Å². The lowest BCUT2D eigenvalue weighted by Gasteiger charge is -2.34. The van der Waals surface area contributed by atoms with Crippen molar-refractivity contribution >= 4 is 26.8 Å². The number of aliphatic hydroxyl groups is 1. The van der Waals surface area contributed by atoms with Crippen LogP contribution in [0.2, 0.25) is 0 Å². The number of hydrogen-bond donors (Lipinski definition) is 2. The van der Waals surface area contributed by atoms with Gasteiger partial charge in [-0.1, -0.05) is 0 Å². The molecule has 1 unspecified atom stereocenters. The molecule has 1 saturated heterocycles. The van der Waals surface area contributed by atoms with Crippen molar-refractivity contribution in [2.45, 2.75) is 64.1 Å². The Hall–Kier alpha value is -3.39. The van der Waals surface area contributed by atoms with Crippen LogP contribution in [0.1, 0.15) is 56.9 Å². The summed E-state index contributed by atoms with van der Waals surface area (Å²) in [5, 5.41) is 13.4. The van der Waals surface area contributed by atoms with E-state index in [0.717, 1.165) is 39.5 Å². The number of imidazole rings is 1. The Kier molecular flexibility index (Phi) is 8.04. The van der Waals surface area contributed by atoms with E-state index in [9.17, 15) is 31.9 Å². The maximum absolute atomic E-state index is 15.5. The van der Waals surface area contributed by atoms with E-state index < -0.39 is 74.5 Å². The molecule has 1 aliphatic rings. The number of amides is 1. The number of carbonyl (C=O) groups is 1. The number of nitrogens with one attached hydrogen (secondary N) is 1. The van der Waals surface area contributed by atoms with Crippen LogP contribution >= 0.6 is 0 Å². The Balaban J connectivity index is 1.87. The number of sulfone groups is 1. The Bertz CT molecular complexity index is 1650. The van der Waals surface area contributed by atoms with E-state index in [4.69, 9.17) is 4.74 Å². The second kappa shape index (κ2) is 10.8. The zero-order valence-corrected chi connectivity index (χ0v) is 23.7. The third-order valence-corrected chi connectivity index (χ3v) is 9.15. The van der Waals surface area contributed by atoms with Crippen molar-refractivity contribution in [3.63, 3.8) is 0 Å². The molecule has 0 aliphatic carbocycles. The number of halogens is 4. The SMILES string of the molecule is CC(n1c(=O)n(-c2cc(OCC(F)F)ccc2F)c2cc(F)c(C(=O)NC3(C)CCS(=O)(=O)CC3)cc21)C(C)(C)O. The van der Waals surface area contributed by atoms with E-state index in [1.54, 1.807) is 6.92 Å². The van der Waals surface area contributed by atoms with Gasteiger partial charge in [-0.15, -0.1) is 0 Å². The van der Waals surface area contributed by atoms with Gasteiger partial charge in [0.05, 0.1) is 45.4 Å². The summed E-state index contributed by atoms with van der Waals surface area (Å²) in [4.78, 5) is 27.0. The molecule has 1 fully saturated rings. The standard InChI is InChI=1S/C27H31F4N3O6S/c1-15(26(2,3)37)33-21-12-17(24(35)32-27(4)7-9-41(38,39)10-8-27)19(29)13-22(21)34(25(33)36)20-11-16(5-6-18(20)28)40-14-23(30)31/h5-6,11-13,15,23,37H,7-10,14H2,1-4H3,(H,32,35). The zero-order chi connectivity index (χ0) is 30.5. The van der Waals surface area contributed by atoms with Crippen LogP contribution in [0.4, 0.5) is 17.6 Å². The van der Waals surface area contributed by atoms with Gasteiger partial charge < -0.3 is 15.2 Å². The van der Waals surface area contributed by atoms with E-state index in [-0.39, 0.29) is 41.1 Å². The van der Waals surface area contributed by atoms with Crippen LogP contribution in [-0.4, -0.2) is 64.2 Å². The van der Waals surface area contributed by atoms with Crippen molar-refractivity contribution in [3.8, 4) is 11.4 Å². The van der Waals surface area contributed by atoms with Gasteiger partial charge in [-0.2, -0.15) is 0 Å². The van der Waals surface area contributed by atoms with Crippen LogP contribution in [0.5, 0.6) is 5.75 Å². The van der Waals surface area contributed by atoms with Crippen molar-refractivity contribution in [2.24, 2.45) is 0 Å². The first-order chi connectivity index (χ1) is 18.9. The number of fused-ring (bicyclic) bond motifs is 1. The Labute approximate surface area is 233 Å². The van der Waals surface area contributed by atoms with Gasteiger partial charge in [0.1, 0.15) is 33.8 Å². The molecule has 2 heterocycles. The lowest BCUT2D eigenvalue weighted by Crippen LogP contribution is -2.51. The minimum Gasteiger partial charge on any atom is -0.488 e. The molecule has 0 saturated carbocycles. The number of carbonyl (C=O) groups excluding carboxylic acids is 1. The molecular weight excluding hydrogens is 570 g/mol. The second-order valence-corrected chi connectivity index (χ2v) is 13.4. The third kappa shape index (κ3) is 6.27. The summed E-state index contributed by atoms with van der Waals surface area (Å²) in [5.74, 6) is -3.26. The molecule has 2 N–H and O–H groups in total. The average Bonchev–Trinajstić information content (AvgIpc) is 3.14. The quantitative estimate of drug-likeness (QED) is 0.380. The Morgan fingerprint density at radius 1 is 1.12 bits per heavy atom. The molecule has 0 bridgehead atoms. The number of alkyl halides is 2. The second-order valence-electron chi connectivity index (χ2n) is 11.1. The number of rotatable bonds is 8. The molecule has 9 nitrogen and oxygen atoms in total. The summed E-state index contributed by atoms with van der Waals surface area (Å²) in [6.07, 6.45) is -2.55. The van der Waals surface area contributed by atoms with E-state index in [1.807, 2.05) is 0 Å². The third-order valence-electron chi connectivity index (χ3n) is 7.50. The highest BCUT2D eigenvalue weighted by Crippen LogP contribution is 2.31. The number of aromatic nitrogens is 2. The summed E-state index contributed by atoms with van der Waals surface area (Å²) in [7, 11) is -3.23. The highest BCUT2D eigenvalue weighted by molar-refractivity contribution is 7.91. The lowest BCUT2D eigenvalue weighted by atomic mass is 9.94. The van der Waals surface area contributed by atoms with E-state index >= 15 is 8.78 Å². The average molecular weight is 602 g/mol. The van der Waals surface area contributed by atoms with E-state index in [2.05, 4.69) is 5.32 Å². The van der Waals surface area contributed by atoms with Crippen LogP contribution in [0, 0.1) is 11.6 Å². The summed E-state index contributed by atoms with van der Waals surface area (Å²) in [5.41, 5.74) is -4.33. The predicted molar refractivity (Wildman–Crippen MR) is 144 cm³/mol. The largest absolute Gasteiger partial charge is 0.488 e. The van der Waals surface area contributed by atoms with Gasteiger partial charge in [0, 0.05) is 17.7 Å². The molecule has 41 heavy (non-hydrogen) atoms. The molecule has 3 aromatic rings. The summed E-state index contributed by atoms with van der Waals surface area (Å²) >= 11 is 0. The van der Waals surface area contributed by atoms with Gasteiger partial charge in [-0.05, 0) is 58.7 Å². The van der Waals surface area contributed by atoms with Crippen LogP contribution in [0.25, 0.3) is 16.7 Å². The first-order valence-corrected chi connectivity index (χ1v) is 14.7. The maximum Gasteiger partial charge on any atom is 0.334 e. The molecule has 4 rings (SSSR count). The predicted octanol–water partition coefficient (Wildman–Crippen LogP) is 3.74. The van der Waals surface area contributed by atoms with Crippen molar-refractivity contribution in [2.75, 3.05) is 18.1 Å². The summed E-state index contributed by atoms with van der Waals surface area (Å²) in [6, 6.07) is 4.06. The van der Waals surface area contributed by atoms with E-state index in [0.29, 0.717) is 0 Å². The smallest absolute Gasteiger partial charge is 0.334 e. The molecule has 1 aliphatic heterocycles. The maximum atomic E-state index is 15.5.